The van der Waals surface area contributed by atoms with Gasteiger partial charge in [0.25, 0.3) is 0 Å². The number of carbonyl (C=O) groups is 1. The molecule has 2 N–H and O–H groups in total. The van der Waals surface area contributed by atoms with Crippen LogP contribution in [0.2, 0.25) is 0 Å². The van der Waals surface area contributed by atoms with E-state index in [0.717, 1.165) is 18.1 Å². The van der Waals surface area contributed by atoms with Crippen LogP contribution in [-0.2, 0) is 4.79 Å². The Balaban J connectivity index is 2.33. The highest BCUT2D eigenvalue weighted by Gasteiger charge is 2.04. The van der Waals surface area contributed by atoms with Crippen molar-refractivity contribution in [1.82, 2.24) is 9.97 Å². The molecule has 0 radical (unpaired) electrons. The minimum absolute atomic E-state index is 0.216. The monoisotopic (exact) mass is 223 g/mol. The second-order valence-corrected chi connectivity index (χ2v) is 3.82. The predicted octanol–water partition coefficient (Wildman–Crippen LogP) is 1.84. The van der Waals surface area contributed by atoms with Crippen LogP contribution in [0.1, 0.15) is 32.0 Å². The molecule has 0 aromatic carbocycles. The van der Waals surface area contributed by atoms with Crippen molar-refractivity contribution in [2.45, 2.75) is 39.2 Å². The number of rotatable bonds is 6. The van der Waals surface area contributed by atoms with E-state index in [0.29, 0.717) is 6.42 Å². The van der Waals surface area contributed by atoms with Crippen LogP contribution in [0.15, 0.2) is 12.3 Å². The van der Waals surface area contributed by atoms with Crippen LogP contribution in [0.4, 0.5) is 5.82 Å². The Morgan fingerprint density at radius 2 is 2.38 bits per heavy atom. The summed E-state index contributed by atoms with van der Waals surface area (Å²) in [5.74, 6) is 0.767. The predicted molar refractivity (Wildman–Crippen MR) is 61.3 cm³/mol. The average Bonchev–Trinajstić information content (AvgIpc) is 2.16. The zero-order valence-electron chi connectivity index (χ0n) is 9.60. The fourth-order valence-corrected chi connectivity index (χ4v) is 1.42. The van der Waals surface area contributed by atoms with Crippen molar-refractivity contribution in [2.24, 2.45) is 0 Å². The third kappa shape index (κ3) is 4.72. The van der Waals surface area contributed by atoms with Crippen molar-refractivity contribution in [3.05, 3.63) is 18.1 Å². The fourth-order valence-electron chi connectivity index (χ4n) is 1.42. The van der Waals surface area contributed by atoms with Crippen molar-refractivity contribution in [3.63, 3.8) is 0 Å². The Labute approximate surface area is 94.9 Å². The third-order valence-electron chi connectivity index (χ3n) is 2.20. The summed E-state index contributed by atoms with van der Waals surface area (Å²) >= 11 is 0. The largest absolute Gasteiger partial charge is 0.481 e. The van der Waals surface area contributed by atoms with Gasteiger partial charge in [0.2, 0.25) is 0 Å². The first kappa shape index (κ1) is 12.4. The van der Waals surface area contributed by atoms with Crippen LogP contribution in [-0.4, -0.2) is 27.1 Å². The number of anilines is 1. The molecule has 1 heterocycles. The lowest BCUT2D eigenvalue weighted by molar-refractivity contribution is -0.137. The van der Waals surface area contributed by atoms with Gasteiger partial charge < -0.3 is 10.4 Å². The second kappa shape index (κ2) is 6.05. The topological polar surface area (TPSA) is 75.1 Å². The second-order valence-electron chi connectivity index (χ2n) is 3.82. The van der Waals surface area contributed by atoms with Crippen LogP contribution in [0, 0.1) is 6.92 Å². The number of aliphatic carboxylic acids is 1. The van der Waals surface area contributed by atoms with Crippen LogP contribution in [0.5, 0.6) is 0 Å². The van der Waals surface area contributed by atoms with Gasteiger partial charge in [-0.05, 0) is 32.8 Å². The summed E-state index contributed by atoms with van der Waals surface area (Å²) in [4.78, 5) is 18.6. The molecule has 5 heteroatoms. The molecule has 0 bridgehead atoms. The van der Waals surface area contributed by atoms with E-state index >= 15 is 0 Å². The van der Waals surface area contributed by atoms with E-state index in [1.54, 1.807) is 12.3 Å². The normalized spacial score (nSPS) is 12.1. The molecule has 0 amide bonds. The van der Waals surface area contributed by atoms with Crippen LogP contribution in [0.25, 0.3) is 0 Å². The Hall–Kier alpha value is -1.65. The third-order valence-corrected chi connectivity index (χ3v) is 2.20. The van der Waals surface area contributed by atoms with Gasteiger partial charge >= 0.3 is 5.97 Å². The molecule has 1 aromatic rings. The number of aromatic nitrogens is 2. The molecule has 0 saturated carbocycles. The van der Waals surface area contributed by atoms with E-state index in [1.165, 1.54) is 0 Å². The molecule has 0 aliphatic rings. The summed E-state index contributed by atoms with van der Waals surface area (Å²) in [7, 11) is 0. The van der Waals surface area contributed by atoms with E-state index in [9.17, 15) is 4.79 Å². The lowest BCUT2D eigenvalue weighted by atomic mass is 10.1. The highest BCUT2D eigenvalue weighted by Crippen LogP contribution is 2.08. The summed E-state index contributed by atoms with van der Waals surface area (Å²) in [6.45, 7) is 3.85. The molecule has 5 nitrogen and oxygen atoms in total. The Morgan fingerprint density at radius 1 is 1.62 bits per heavy atom. The highest BCUT2D eigenvalue weighted by molar-refractivity contribution is 5.66. The zero-order valence-corrected chi connectivity index (χ0v) is 9.60. The molecule has 0 spiro atoms. The molecular formula is C11H17N3O2. The molecule has 1 aromatic heterocycles. The van der Waals surface area contributed by atoms with Gasteiger partial charge in [0.1, 0.15) is 11.6 Å². The maximum atomic E-state index is 10.3. The Morgan fingerprint density at radius 3 is 3.00 bits per heavy atom. The van der Waals surface area contributed by atoms with Crippen molar-refractivity contribution in [1.29, 1.82) is 0 Å². The van der Waals surface area contributed by atoms with Crippen LogP contribution < -0.4 is 5.32 Å². The van der Waals surface area contributed by atoms with Gasteiger partial charge in [0.05, 0.1) is 0 Å². The summed E-state index contributed by atoms with van der Waals surface area (Å²) in [5, 5.41) is 11.7. The molecule has 0 aliphatic heterocycles. The lowest BCUT2D eigenvalue weighted by Crippen LogP contribution is -2.16. The molecular weight excluding hydrogens is 206 g/mol. The van der Waals surface area contributed by atoms with Crippen LogP contribution in [0.3, 0.4) is 0 Å². The molecule has 88 valence electrons. The van der Waals surface area contributed by atoms with Gasteiger partial charge in [-0.3, -0.25) is 4.79 Å². The maximum absolute atomic E-state index is 10.3. The Bertz CT molecular complexity index is 355. The highest BCUT2D eigenvalue weighted by atomic mass is 16.4. The number of carboxylic acid groups (broad SMARTS) is 1. The van der Waals surface area contributed by atoms with Gasteiger partial charge in [-0.15, -0.1) is 0 Å². The van der Waals surface area contributed by atoms with E-state index in [4.69, 9.17) is 5.11 Å². The van der Waals surface area contributed by atoms with Crippen molar-refractivity contribution >= 4 is 11.8 Å². The quantitative estimate of drug-likeness (QED) is 0.769. The van der Waals surface area contributed by atoms with E-state index in [1.807, 2.05) is 13.8 Å². The molecule has 0 aliphatic carbocycles. The first-order valence-corrected chi connectivity index (χ1v) is 5.36. The molecule has 0 saturated heterocycles. The van der Waals surface area contributed by atoms with Gasteiger partial charge in [0, 0.05) is 18.7 Å². The SMILES string of the molecule is Cc1nccc(NC(C)CCCC(=O)O)n1. The number of carboxylic acids is 1. The van der Waals surface area contributed by atoms with Gasteiger partial charge in [-0.25, -0.2) is 9.97 Å². The number of hydrogen-bond donors (Lipinski definition) is 2. The summed E-state index contributed by atoms with van der Waals surface area (Å²) in [6.07, 6.45) is 3.41. The van der Waals surface area contributed by atoms with E-state index in [-0.39, 0.29) is 12.5 Å². The maximum Gasteiger partial charge on any atom is 0.303 e. The standard InChI is InChI=1S/C11H17N3O2/c1-8(4-3-5-11(15)16)13-10-6-7-12-9(2)14-10/h6-8H,3-5H2,1-2H3,(H,15,16)(H,12,13,14). The molecule has 16 heavy (non-hydrogen) atoms. The number of nitrogens with one attached hydrogen (secondary N) is 1. The smallest absolute Gasteiger partial charge is 0.303 e. The first-order valence-electron chi connectivity index (χ1n) is 5.36. The molecule has 1 atom stereocenters. The number of hydrogen-bond acceptors (Lipinski definition) is 4. The number of nitrogens with zero attached hydrogens (tertiary/aromatic N) is 2. The van der Waals surface area contributed by atoms with E-state index in [2.05, 4.69) is 15.3 Å². The lowest BCUT2D eigenvalue weighted by Gasteiger charge is -2.13. The van der Waals surface area contributed by atoms with Crippen LogP contribution >= 0.6 is 0 Å². The van der Waals surface area contributed by atoms with E-state index < -0.39 is 5.97 Å². The minimum atomic E-state index is -0.745. The van der Waals surface area contributed by atoms with Crippen molar-refractivity contribution in [2.75, 3.05) is 5.32 Å². The molecule has 1 unspecified atom stereocenters. The van der Waals surface area contributed by atoms with Crippen molar-refractivity contribution in [3.8, 4) is 0 Å². The van der Waals surface area contributed by atoms with Gasteiger partial charge in [0.15, 0.2) is 0 Å². The van der Waals surface area contributed by atoms with Crippen molar-refractivity contribution < 1.29 is 9.90 Å². The summed E-state index contributed by atoms with van der Waals surface area (Å²) in [5.41, 5.74) is 0. The Kier molecular flexibility index (Phi) is 4.69. The van der Waals surface area contributed by atoms with Gasteiger partial charge in [-0.1, -0.05) is 0 Å². The summed E-state index contributed by atoms with van der Waals surface area (Å²) in [6, 6.07) is 2.02. The average molecular weight is 223 g/mol. The van der Waals surface area contributed by atoms with Gasteiger partial charge in [-0.2, -0.15) is 0 Å². The molecule has 0 fully saturated rings. The fraction of sp³-hybridized carbons (Fsp3) is 0.545. The number of aryl methyl sites for hydroxylation is 1. The summed E-state index contributed by atoms with van der Waals surface area (Å²) < 4.78 is 0. The first-order chi connectivity index (χ1) is 7.58. The minimum Gasteiger partial charge on any atom is -0.481 e. The zero-order chi connectivity index (χ0) is 12.0. The molecule has 1 rings (SSSR count).